The molecule has 15 heteroatoms. The highest BCUT2D eigenvalue weighted by Gasteiger charge is 2.25. The molecule has 0 radical (unpaired) electrons. The SMILES string of the molecule is O=C(O)CCCn1c(=O)[nH]c(=O)c2[nH]c(C(Cc3ccccc3F)c3ccnc(NS(=O)(=O)c4ccccc4)n3)nc21. The maximum atomic E-state index is 14.8. The molecule has 0 aliphatic heterocycles. The second-order valence-corrected chi connectivity index (χ2v) is 11.0. The molecular formula is C27H24FN7O6S. The number of aromatic nitrogens is 6. The minimum atomic E-state index is -4.02. The van der Waals surface area contributed by atoms with E-state index in [0.29, 0.717) is 5.56 Å². The van der Waals surface area contributed by atoms with Gasteiger partial charge in [0.15, 0.2) is 5.65 Å². The molecule has 0 bridgehead atoms. The molecule has 0 spiro atoms. The van der Waals surface area contributed by atoms with Gasteiger partial charge in [0.2, 0.25) is 5.95 Å². The van der Waals surface area contributed by atoms with Crippen molar-refractivity contribution in [2.24, 2.45) is 0 Å². The zero-order valence-electron chi connectivity index (χ0n) is 21.8. The normalized spacial score (nSPS) is 12.3. The Morgan fingerprint density at radius 2 is 1.76 bits per heavy atom. The first-order valence-electron chi connectivity index (χ1n) is 12.7. The van der Waals surface area contributed by atoms with Crippen molar-refractivity contribution in [2.45, 2.75) is 36.6 Å². The van der Waals surface area contributed by atoms with Crippen LogP contribution < -0.4 is 16.0 Å². The fraction of sp³-hybridized carbons (Fsp3) is 0.185. The molecule has 0 amide bonds. The molecule has 4 N–H and O–H groups in total. The number of sulfonamides is 1. The molecule has 1 unspecified atom stereocenters. The first kappa shape index (κ1) is 28.4. The van der Waals surface area contributed by atoms with E-state index in [9.17, 15) is 27.2 Å². The summed E-state index contributed by atoms with van der Waals surface area (Å²) in [6.45, 7) is -0.0282. The number of rotatable bonds is 11. The van der Waals surface area contributed by atoms with Crippen LogP contribution in [0.15, 0.2) is 81.3 Å². The van der Waals surface area contributed by atoms with Gasteiger partial charge in [0.25, 0.3) is 15.6 Å². The van der Waals surface area contributed by atoms with Crippen molar-refractivity contribution < 1.29 is 22.7 Å². The van der Waals surface area contributed by atoms with Crippen molar-refractivity contribution in [3.8, 4) is 0 Å². The van der Waals surface area contributed by atoms with Gasteiger partial charge in [0, 0.05) is 19.2 Å². The number of carboxylic acid groups (broad SMARTS) is 1. The number of aliphatic carboxylic acids is 1. The minimum Gasteiger partial charge on any atom is -0.481 e. The molecule has 5 aromatic rings. The maximum absolute atomic E-state index is 14.8. The Hall–Kier alpha value is -5.18. The number of fused-ring (bicyclic) bond motifs is 1. The first-order chi connectivity index (χ1) is 20.1. The van der Waals surface area contributed by atoms with E-state index >= 15 is 0 Å². The van der Waals surface area contributed by atoms with Gasteiger partial charge in [-0.3, -0.25) is 19.1 Å². The number of anilines is 1. The van der Waals surface area contributed by atoms with E-state index in [1.165, 1.54) is 36.5 Å². The summed E-state index contributed by atoms with van der Waals surface area (Å²) in [5.41, 5.74) is -1.03. The molecule has 0 aliphatic rings. The van der Waals surface area contributed by atoms with Crippen molar-refractivity contribution in [3.05, 3.63) is 111 Å². The topological polar surface area (TPSA) is 193 Å². The van der Waals surface area contributed by atoms with Gasteiger partial charge in [-0.15, -0.1) is 0 Å². The van der Waals surface area contributed by atoms with Gasteiger partial charge in [-0.05, 0) is 42.7 Å². The highest BCUT2D eigenvalue weighted by atomic mass is 32.2. The fourth-order valence-corrected chi connectivity index (χ4v) is 5.41. The molecule has 0 saturated heterocycles. The monoisotopic (exact) mass is 593 g/mol. The summed E-state index contributed by atoms with van der Waals surface area (Å²) in [6.07, 6.45) is 1.23. The molecule has 5 rings (SSSR count). The number of nitrogens with one attached hydrogen (secondary N) is 3. The lowest BCUT2D eigenvalue weighted by Gasteiger charge is -2.16. The zero-order chi connectivity index (χ0) is 29.9. The molecule has 1 atom stereocenters. The molecule has 13 nitrogen and oxygen atoms in total. The summed E-state index contributed by atoms with van der Waals surface area (Å²) in [6, 6.07) is 15.2. The number of halogens is 1. The number of aryl methyl sites for hydroxylation is 1. The first-order valence-corrected chi connectivity index (χ1v) is 14.2. The predicted molar refractivity (Wildman–Crippen MR) is 149 cm³/mol. The number of H-pyrrole nitrogens is 2. The van der Waals surface area contributed by atoms with Crippen molar-refractivity contribution >= 4 is 33.1 Å². The van der Waals surface area contributed by atoms with E-state index in [4.69, 9.17) is 5.11 Å². The van der Waals surface area contributed by atoms with E-state index in [1.54, 1.807) is 30.3 Å². The van der Waals surface area contributed by atoms with Crippen molar-refractivity contribution in [1.29, 1.82) is 0 Å². The number of benzene rings is 2. The van der Waals surface area contributed by atoms with Crippen molar-refractivity contribution in [2.75, 3.05) is 4.72 Å². The molecule has 3 heterocycles. The quantitative estimate of drug-likeness (QED) is 0.178. The number of carbonyl (C=O) groups is 1. The lowest BCUT2D eigenvalue weighted by Crippen LogP contribution is -2.30. The molecule has 42 heavy (non-hydrogen) atoms. The average molecular weight is 594 g/mol. The van der Waals surface area contributed by atoms with Crippen LogP contribution in [0, 0.1) is 5.82 Å². The van der Waals surface area contributed by atoms with E-state index in [0.717, 1.165) is 4.57 Å². The lowest BCUT2D eigenvalue weighted by molar-refractivity contribution is -0.137. The van der Waals surface area contributed by atoms with Crippen LogP contribution in [0.5, 0.6) is 0 Å². The van der Waals surface area contributed by atoms with Gasteiger partial charge in [0.1, 0.15) is 17.2 Å². The third-order valence-electron chi connectivity index (χ3n) is 6.45. The molecule has 2 aromatic carbocycles. The number of hydrogen-bond donors (Lipinski definition) is 4. The van der Waals surface area contributed by atoms with Gasteiger partial charge in [-0.25, -0.2) is 37.3 Å². The highest BCUT2D eigenvalue weighted by molar-refractivity contribution is 7.92. The van der Waals surface area contributed by atoms with Crippen LogP contribution in [0.3, 0.4) is 0 Å². The Labute approximate surface area is 237 Å². The molecule has 0 fully saturated rings. The second kappa shape index (κ2) is 11.7. The zero-order valence-corrected chi connectivity index (χ0v) is 22.6. The van der Waals surface area contributed by atoms with E-state index in [1.807, 2.05) is 0 Å². The Kier molecular flexibility index (Phi) is 7.93. The van der Waals surface area contributed by atoms with E-state index < -0.39 is 39.0 Å². The number of aromatic amines is 2. The highest BCUT2D eigenvalue weighted by Crippen LogP contribution is 2.28. The van der Waals surface area contributed by atoms with Gasteiger partial charge in [0.05, 0.1) is 16.5 Å². The van der Waals surface area contributed by atoms with Crippen LogP contribution in [-0.2, 0) is 27.8 Å². The predicted octanol–water partition coefficient (Wildman–Crippen LogP) is 2.38. The largest absolute Gasteiger partial charge is 0.481 e. The molecular weight excluding hydrogens is 569 g/mol. The van der Waals surface area contributed by atoms with E-state index in [-0.39, 0.29) is 59.3 Å². The average Bonchev–Trinajstić information content (AvgIpc) is 3.40. The Bertz CT molecular complexity index is 1990. The summed E-state index contributed by atoms with van der Waals surface area (Å²) in [5.74, 6) is -2.49. The number of hydrogen-bond acceptors (Lipinski definition) is 8. The lowest BCUT2D eigenvalue weighted by atomic mass is 9.95. The van der Waals surface area contributed by atoms with Crippen LogP contribution in [0.4, 0.5) is 10.3 Å². The van der Waals surface area contributed by atoms with Gasteiger partial charge < -0.3 is 10.1 Å². The van der Waals surface area contributed by atoms with Crippen LogP contribution >= 0.6 is 0 Å². The van der Waals surface area contributed by atoms with Crippen LogP contribution in [0.2, 0.25) is 0 Å². The molecule has 0 saturated carbocycles. The summed E-state index contributed by atoms with van der Waals surface area (Å²) in [4.78, 5) is 54.3. The molecule has 0 aliphatic carbocycles. The van der Waals surface area contributed by atoms with Crippen molar-refractivity contribution in [3.63, 3.8) is 0 Å². The Balaban J connectivity index is 1.59. The Morgan fingerprint density at radius 1 is 1.02 bits per heavy atom. The van der Waals surface area contributed by atoms with E-state index in [2.05, 4.69) is 29.6 Å². The number of imidazole rings is 1. The summed E-state index contributed by atoms with van der Waals surface area (Å²) < 4.78 is 44.0. The standard InChI is InChI=1S/C27H24FN7O6S/c28-19-10-5-4-7-16(19)15-18(20-12-13-29-26(30-20)34-42(40,41)17-8-2-1-3-9-17)23-31-22-24(32-23)35(14-6-11-21(36)37)27(39)33-25(22)38/h1-5,7-10,12-13,18H,6,11,14-15H2,(H,31,32)(H,36,37)(H,29,30,34)(H,33,38,39). The summed E-state index contributed by atoms with van der Waals surface area (Å²) >= 11 is 0. The Morgan fingerprint density at radius 3 is 2.50 bits per heavy atom. The molecule has 3 aromatic heterocycles. The fourth-order valence-electron chi connectivity index (χ4n) is 4.44. The smallest absolute Gasteiger partial charge is 0.330 e. The van der Waals surface area contributed by atoms with Gasteiger partial charge >= 0.3 is 11.7 Å². The number of carboxylic acids is 1. The number of nitrogens with zero attached hydrogens (tertiary/aromatic N) is 4. The maximum Gasteiger partial charge on any atom is 0.330 e. The second-order valence-electron chi connectivity index (χ2n) is 9.30. The minimum absolute atomic E-state index is 0.000659. The third-order valence-corrected chi connectivity index (χ3v) is 7.79. The van der Waals surface area contributed by atoms with Crippen LogP contribution in [-0.4, -0.2) is 49.0 Å². The van der Waals surface area contributed by atoms with Crippen LogP contribution in [0.25, 0.3) is 11.2 Å². The third kappa shape index (κ3) is 6.10. The van der Waals surface area contributed by atoms with Crippen molar-refractivity contribution in [1.82, 2.24) is 29.5 Å². The molecule has 216 valence electrons. The van der Waals surface area contributed by atoms with Crippen LogP contribution in [0.1, 0.15) is 35.8 Å². The summed E-state index contributed by atoms with van der Waals surface area (Å²) in [5, 5.41) is 8.99. The summed E-state index contributed by atoms with van der Waals surface area (Å²) in [7, 11) is -4.02. The van der Waals surface area contributed by atoms with Gasteiger partial charge in [-0.1, -0.05) is 36.4 Å². The van der Waals surface area contributed by atoms with Gasteiger partial charge in [-0.2, -0.15) is 0 Å².